The molecule has 0 rings (SSSR count). The standard InChI is InChI=1S/C7H11F/c1-3-4-5-6-7(2)8/h5-6H,2-4H2,1H3/b6-5+. The zero-order chi connectivity index (χ0) is 6.41. The third-order valence-corrected chi connectivity index (χ3v) is 0.754. The Balaban J connectivity index is 3.20. The SMILES string of the molecule is C=C(F)/C=C/CCC. The Morgan fingerprint density at radius 2 is 2.38 bits per heavy atom. The molecule has 0 radical (unpaired) electrons. The molecule has 0 aromatic carbocycles. The van der Waals surface area contributed by atoms with Crippen LogP contribution in [0.2, 0.25) is 0 Å². The van der Waals surface area contributed by atoms with Gasteiger partial charge in [0.15, 0.2) is 0 Å². The van der Waals surface area contributed by atoms with E-state index in [0.717, 1.165) is 12.8 Å². The molecule has 0 unspecified atom stereocenters. The normalized spacial score (nSPS) is 10.2. The Bertz CT molecular complexity index is 92.6. The first-order chi connectivity index (χ1) is 3.77. The quantitative estimate of drug-likeness (QED) is 0.495. The number of rotatable bonds is 3. The molecule has 0 aromatic heterocycles. The topological polar surface area (TPSA) is 0 Å². The van der Waals surface area contributed by atoms with Gasteiger partial charge in [0, 0.05) is 0 Å². The fourth-order valence-electron chi connectivity index (χ4n) is 0.378. The van der Waals surface area contributed by atoms with Gasteiger partial charge in [-0.25, -0.2) is 4.39 Å². The summed E-state index contributed by atoms with van der Waals surface area (Å²) >= 11 is 0. The third kappa shape index (κ3) is 5.41. The first kappa shape index (κ1) is 7.41. The maximum Gasteiger partial charge on any atom is 0.115 e. The van der Waals surface area contributed by atoms with Crippen molar-refractivity contribution in [3.8, 4) is 0 Å². The van der Waals surface area contributed by atoms with Crippen molar-refractivity contribution in [1.82, 2.24) is 0 Å². The molecule has 0 atom stereocenters. The Morgan fingerprint density at radius 1 is 1.75 bits per heavy atom. The predicted molar refractivity (Wildman–Crippen MR) is 34.3 cm³/mol. The van der Waals surface area contributed by atoms with Crippen molar-refractivity contribution in [3.63, 3.8) is 0 Å². The Hall–Kier alpha value is -0.590. The van der Waals surface area contributed by atoms with Crippen LogP contribution in [0.4, 0.5) is 4.39 Å². The van der Waals surface area contributed by atoms with E-state index in [4.69, 9.17) is 0 Å². The van der Waals surface area contributed by atoms with Crippen molar-refractivity contribution in [2.24, 2.45) is 0 Å². The van der Waals surface area contributed by atoms with Gasteiger partial charge in [-0.3, -0.25) is 0 Å². The van der Waals surface area contributed by atoms with E-state index in [1.807, 2.05) is 6.92 Å². The lowest BCUT2D eigenvalue weighted by Gasteiger charge is -1.80. The Morgan fingerprint density at radius 3 is 2.75 bits per heavy atom. The first-order valence-electron chi connectivity index (χ1n) is 2.78. The molecule has 0 aliphatic carbocycles. The molecule has 0 amide bonds. The van der Waals surface area contributed by atoms with Crippen LogP contribution in [0.1, 0.15) is 19.8 Å². The van der Waals surface area contributed by atoms with Crippen LogP contribution in [-0.2, 0) is 0 Å². The second-order valence-electron chi connectivity index (χ2n) is 1.64. The molecule has 0 aliphatic heterocycles. The smallest absolute Gasteiger partial charge is 0.115 e. The molecule has 0 saturated carbocycles. The van der Waals surface area contributed by atoms with E-state index in [-0.39, 0.29) is 5.83 Å². The lowest BCUT2D eigenvalue weighted by molar-refractivity contribution is 0.670. The van der Waals surface area contributed by atoms with Gasteiger partial charge in [0.1, 0.15) is 5.83 Å². The minimum atomic E-state index is -0.363. The first-order valence-corrected chi connectivity index (χ1v) is 2.78. The zero-order valence-electron chi connectivity index (χ0n) is 5.15. The van der Waals surface area contributed by atoms with Crippen LogP contribution >= 0.6 is 0 Å². The van der Waals surface area contributed by atoms with Gasteiger partial charge in [0.05, 0.1) is 0 Å². The summed E-state index contributed by atoms with van der Waals surface area (Å²) in [4.78, 5) is 0. The molecule has 0 aliphatic rings. The van der Waals surface area contributed by atoms with Crippen molar-refractivity contribution in [2.75, 3.05) is 0 Å². The average molecular weight is 114 g/mol. The second kappa shape index (κ2) is 4.57. The molecule has 46 valence electrons. The van der Waals surface area contributed by atoms with Crippen molar-refractivity contribution in [1.29, 1.82) is 0 Å². The molecule has 0 bridgehead atoms. The Kier molecular flexibility index (Phi) is 4.23. The second-order valence-corrected chi connectivity index (χ2v) is 1.64. The molecular formula is C7H11F. The molecule has 0 aromatic rings. The van der Waals surface area contributed by atoms with Crippen LogP contribution < -0.4 is 0 Å². The van der Waals surface area contributed by atoms with E-state index in [1.165, 1.54) is 6.08 Å². The number of allylic oxidation sites excluding steroid dienone is 3. The summed E-state index contributed by atoms with van der Waals surface area (Å²) in [5.74, 6) is -0.363. The summed E-state index contributed by atoms with van der Waals surface area (Å²) in [5.41, 5.74) is 0. The molecular weight excluding hydrogens is 103 g/mol. The summed E-state index contributed by atoms with van der Waals surface area (Å²) in [6.07, 6.45) is 5.17. The highest BCUT2D eigenvalue weighted by molar-refractivity contribution is 5.05. The number of unbranched alkanes of at least 4 members (excludes halogenated alkanes) is 1. The maximum absolute atomic E-state index is 11.7. The number of hydrogen-bond donors (Lipinski definition) is 0. The van der Waals surface area contributed by atoms with Gasteiger partial charge in [-0.15, -0.1) is 0 Å². The van der Waals surface area contributed by atoms with E-state index < -0.39 is 0 Å². The molecule has 0 spiro atoms. The fraction of sp³-hybridized carbons (Fsp3) is 0.429. The van der Waals surface area contributed by atoms with Gasteiger partial charge in [0.25, 0.3) is 0 Å². The summed E-state index contributed by atoms with van der Waals surface area (Å²) in [6, 6.07) is 0. The van der Waals surface area contributed by atoms with Crippen molar-refractivity contribution < 1.29 is 4.39 Å². The molecule has 0 saturated heterocycles. The molecule has 0 heterocycles. The van der Waals surface area contributed by atoms with E-state index in [2.05, 4.69) is 6.58 Å². The summed E-state index contributed by atoms with van der Waals surface area (Å²) < 4.78 is 11.7. The maximum atomic E-state index is 11.7. The summed E-state index contributed by atoms with van der Waals surface area (Å²) in [6.45, 7) is 5.12. The largest absolute Gasteiger partial charge is 0.208 e. The van der Waals surface area contributed by atoms with Gasteiger partial charge in [-0.2, -0.15) is 0 Å². The zero-order valence-corrected chi connectivity index (χ0v) is 5.15. The minimum absolute atomic E-state index is 0.363. The van der Waals surface area contributed by atoms with Gasteiger partial charge in [-0.05, 0) is 12.5 Å². The fourth-order valence-corrected chi connectivity index (χ4v) is 0.378. The average Bonchev–Trinajstić information content (AvgIpc) is 1.66. The highest BCUT2D eigenvalue weighted by Crippen LogP contribution is 1.95. The highest BCUT2D eigenvalue weighted by Gasteiger charge is 1.76. The van der Waals surface area contributed by atoms with E-state index in [0.29, 0.717) is 0 Å². The summed E-state index contributed by atoms with van der Waals surface area (Å²) in [5, 5.41) is 0. The van der Waals surface area contributed by atoms with E-state index in [1.54, 1.807) is 6.08 Å². The number of hydrogen-bond acceptors (Lipinski definition) is 0. The lowest BCUT2D eigenvalue weighted by atomic mass is 10.3. The molecule has 0 N–H and O–H groups in total. The van der Waals surface area contributed by atoms with Crippen LogP contribution in [0.3, 0.4) is 0 Å². The summed E-state index contributed by atoms with van der Waals surface area (Å²) in [7, 11) is 0. The lowest BCUT2D eigenvalue weighted by Crippen LogP contribution is -1.61. The van der Waals surface area contributed by atoms with Crippen LogP contribution in [0.15, 0.2) is 24.6 Å². The van der Waals surface area contributed by atoms with E-state index >= 15 is 0 Å². The van der Waals surface area contributed by atoms with Crippen LogP contribution in [-0.4, -0.2) is 0 Å². The minimum Gasteiger partial charge on any atom is -0.208 e. The van der Waals surface area contributed by atoms with Crippen LogP contribution in [0.25, 0.3) is 0 Å². The number of halogens is 1. The molecule has 8 heavy (non-hydrogen) atoms. The van der Waals surface area contributed by atoms with Gasteiger partial charge in [-0.1, -0.05) is 26.0 Å². The van der Waals surface area contributed by atoms with Crippen LogP contribution in [0.5, 0.6) is 0 Å². The van der Waals surface area contributed by atoms with Crippen molar-refractivity contribution >= 4 is 0 Å². The molecule has 1 heteroatoms. The highest BCUT2D eigenvalue weighted by atomic mass is 19.1. The van der Waals surface area contributed by atoms with Crippen LogP contribution in [0, 0.1) is 0 Å². The van der Waals surface area contributed by atoms with Gasteiger partial charge >= 0.3 is 0 Å². The molecule has 0 nitrogen and oxygen atoms in total. The van der Waals surface area contributed by atoms with E-state index in [9.17, 15) is 4.39 Å². The van der Waals surface area contributed by atoms with Crippen molar-refractivity contribution in [2.45, 2.75) is 19.8 Å². The van der Waals surface area contributed by atoms with Gasteiger partial charge in [0.2, 0.25) is 0 Å². The van der Waals surface area contributed by atoms with Crippen molar-refractivity contribution in [3.05, 3.63) is 24.6 Å². The monoisotopic (exact) mass is 114 g/mol. The van der Waals surface area contributed by atoms with Gasteiger partial charge < -0.3 is 0 Å². The predicted octanol–water partition coefficient (Wildman–Crippen LogP) is 2.83. The molecule has 0 fully saturated rings. The Labute approximate surface area is 49.7 Å². The third-order valence-electron chi connectivity index (χ3n) is 0.754.